The summed E-state index contributed by atoms with van der Waals surface area (Å²) in [5.74, 6) is 1.54. The molecule has 0 saturated heterocycles. The number of aliphatic hydroxyl groups is 1. The highest BCUT2D eigenvalue weighted by molar-refractivity contribution is 5.44. The van der Waals surface area contributed by atoms with Crippen LogP contribution in [0.4, 0.5) is 0 Å². The van der Waals surface area contributed by atoms with E-state index in [2.05, 4.69) is 18.7 Å². The van der Waals surface area contributed by atoms with Gasteiger partial charge in [-0.15, -0.1) is 0 Å². The number of ether oxygens (including phenoxy) is 2. The fraction of sp³-hybridized carbons (Fsp3) is 0.571. The fourth-order valence-corrected chi connectivity index (χ4v) is 2.10. The van der Waals surface area contributed by atoms with Gasteiger partial charge in [0.05, 0.1) is 0 Å². The maximum Gasteiger partial charge on any atom is 0.129 e. The number of aliphatic hydroxyl groups excluding tert-OH is 1. The Morgan fingerprint density at radius 2 is 2.17 bits per heavy atom. The van der Waals surface area contributed by atoms with Crippen molar-refractivity contribution in [2.45, 2.75) is 20.0 Å². The lowest BCUT2D eigenvalue weighted by Crippen LogP contribution is -2.27. The minimum Gasteiger partial charge on any atom is -0.492 e. The highest BCUT2D eigenvalue weighted by Crippen LogP contribution is 2.34. The quantitative estimate of drug-likeness (QED) is 0.837. The molecule has 1 N–H and O–H groups in total. The maximum absolute atomic E-state index is 9.61. The Morgan fingerprint density at radius 1 is 1.39 bits per heavy atom. The van der Waals surface area contributed by atoms with E-state index in [0.717, 1.165) is 36.7 Å². The molecule has 1 aliphatic heterocycles. The van der Waals surface area contributed by atoms with Crippen LogP contribution >= 0.6 is 0 Å². The van der Waals surface area contributed by atoms with Crippen LogP contribution in [0.1, 0.15) is 25.5 Å². The second kappa shape index (κ2) is 6.07. The van der Waals surface area contributed by atoms with Crippen LogP contribution in [0.15, 0.2) is 18.2 Å². The third-order valence-corrected chi connectivity index (χ3v) is 3.31. The largest absolute Gasteiger partial charge is 0.492 e. The maximum atomic E-state index is 9.61. The van der Waals surface area contributed by atoms with Gasteiger partial charge >= 0.3 is 0 Å². The molecular weight excluding hydrogens is 230 g/mol. The first-order valence-electron chi connectivity index (χ1n) is 6.54. The van der Waals surface area contributed by atoms with Gasteiger partial charge in [-0.25, -0.2) is 0 Å². The minimum absolute atomic E-state index is 0.345. The first-order valence-corrected chi connectivity index (χ1v) is 6.54. The molecule has 1 unspecified atom stereocenters. The summed E-state index contributed by atoms with van der Waals surface area (Å²) in [7, 11) is 0. The van der Waals surface area contributed by atoms with Gasteiger partial charge in [0.15, 0.2) is 0 Å². The van der Waals surface area contributed by atoms with Gasteiger partial charge in [0.25, 0.3) is 0 Å². The Hall–Kier alpha value is -1.26. The van der Waals surface area contributed by atoms with Crippen molar-refractivity contribution in [1.82, 2.24) is 4.90 Å². The molecule has 0 spiro atoms. The van der Waals surface area contributed by atoms with Crippen molar-refractivity contribution in [3.63, 3.8) is 0 Å². The van der Waals surface area contributed by atoms with Crippen LogP contribution in [0.3, 0.4) is 0 Å². The summed E-state index contributed by atoms with van der Waals surface area (Å²) in [4.78, 5) is 2.31. The standard InChI is InChI=1S/C14H21NO3/c1-3-15(4-2)7-8-17-11-5-6-12-13(16)10-18-14(12)9-11/h5-6,9,13,16H,3-4,7-8,10H2,1-2H3. The molecule has 1 aromatic rings. The summed E-state index contributed by atoms with van der Waals surface area (Å²) in [6.45, 7) is 8.32. The average Bonchev–Trinajstić information content (AvgIpc) is 2.76. The van der Waals surface area contributed by atoms with Crippen LogP contribution in [-0.4, -0.2) is 42.9 Å². The highest BCUT2D eigenvalue weighted by Gasteiger charge is 2.21. The molecule has 4 nitrogen and oxygen atoms in total. The predicted octanol–water partition coefficient (Wildman–Crippen LogP) is 1.83. The van der Waals surface area contributed by atoms with E-state index in [0.29, 0.717) is 13.2 Å². The molecule has 1 aromatic carbocycles. The van der Waals surface area contributed by atoms with Crippen molar-refractivity contribution in [3.05, 3.63) is 23.8 Å². The van der Waals surface area contributed by atoms with E-state index < -0.39 is 6.10 Å². The second-order valence-electron chi connectivity index (χ2n) is 4.40. The number of fused-ring (bicyclic) bond motifs is 1. The van der Waals surface area contributed by atoms with Crippen LogP contribution in [-0.2, 0) is 0 Å². The van der Waals surface area contributed by atoms with Crippen LogP contribution in [0.2, 0.25) is 0 Å². The molecular formula is C14H21NO3. The summed E-state index contributed by atoms with van der Waals surface area (Å²) in [6.07, 6.45) is -0.496. The Bertz CT molecular complexity index is 391. The third-order valence-electron chi connectivity index (χ3n) is 3.31. The van der Waals surface area contributed by atoms with Gasteiger partial charge in [-0.2, -0.15) is 0 Å². The smallest absolute Gasteiger partial charge is 0.129 e. The molecule has 0 bridgehead atoms. The molecule has 0 aromatic heterocycles. The van der Waals surface area contributed by atoms with Crippen molar-refractivity contribution in [2.75, 3.05) is 32.8 Å². The molecule has 0 aliphatic carbocycles. The fourth-order valence-electron chi connectivity index (χ4n) is 2.10. The number of benzene rings is 1. The van der Waals surface area contributed by atoms with Crippen molar-refractivity contribution < 1.29 is 14.6 Å². The highest BCUT2D eigenvalue weighted by atomic mass is 16.5. The van der Waals surface area contributed by atoms with E-state index >= 15 is 0 Å². The van der Waals surface area contributed by atoms with Gasteiger partial charge in [0.1, 0.15) is 30.8 Å². The zero-order valence-corrected chi connectivity index (χ0v) is 11.1. The van der Waals surface area contributed by atoms with Gasteiger partial charge in [-0.3, -0.25) is 0 Å². The lowest BCUT2D eigenvalue weighted by atomic mass is 10.1. The molecule has 18 heavy (non-hydrogen) atoms. The number of likely N-dealkylation sites (N-methyl/N-ethyl adjacent to an activating group) is 1. The molecule has 2 rings (SSSR count). The van der Waals surface area contributed by atoms with E-state index in [1.165, 1.54) is 0 Å². The Morgan fingerprint density at radius 3 is 2.89 bits per heavy atom. The Kier molecular flexibility index (Phi) is 4.44. The van der Waals surface area contributed by atoms with Gasteiger partial charge in [0.2, 0.25) is 0 Å². The zero-order valence-electron chi connectivity index (χ0n) is 11.1. The molecule has 1 heterocycles. The normalized spacial score (nSPS) is 17.7. The molecule has 0 saturated carbocycles. The van der Waals surface area contributed by atoms with Crippen LogP contribution in [0, 0.1) is 0 Å². The summed E-state index contributed by atoms with van der Waals surface area (Å²) in [6, 6.07) is 5.62. The third kappa shape index (κ3) is 2.94. The van der Waals surface area contributed by atoms with Gasteiger partial charge in [0, 0.05) is 18.2 Å². The topological polar surface area (TPSA) is 41.9 Å². The number of rotatable bonds is 6. The SMILES string of the molecule is CCN(CC)CCOc1ccc2c(c1)OCC2O. The van der Waals surface area contributed by atoms with Crippen molar-refractivity contribution in [2.24, 2.45) is 0 Å². The number of hydrogen-bond acceptors (Lipinski definition) is 4. The summed E-state index contributed by atoms with van der Waals surface area (Å²) >= 11 is 0. The molecule has 4 heteroatoms. The lowest BCUT2D eigenvalue weighted by molar-refractivity contribution is 0.140. The minimum atomic E-state index is -0.496. The predicted molar refractivity (Wildman–Crippen MR) is 70.2 cm³/mol. The van der Waals surface area contributed by atoms with Crippen molar-refractivity contribution in [3.8, 4) is 11.5 Å². The second-order valence-corrected chi connectivity index (χ2v) is 4.40. The molecule has 0 fully saturated rings. The van der Waals surface area contributed by atoms with Gasteiger partial charge in [-0.1, -0.05) is 13.8 Å². The zero-order chi connectivity index (χ0) is 13.0. The first kappa shape index (κ1) is 13.2. The van der Waals surface area contributed by atoms with Gasteiger partial charge < -0.3 is 19.5 Å². The molecule has 100 valence electrons. The van der Waals surface area contributed by atoms with Crippen molar-refractivity contribution >= 4 is 0 Å². The van der Waals surface area contributed by atoms with Crippen LogP contribution in [0.5, 0.6) is 11.5 Å². The monoisotopic (exact) mass is 251 g/mol. The molecule has 0 radical (unpaired) electrons. The lowest BCUT2D eigenvalue weighted by Gasteiger charge is -2.18. The summed E-state index contributed by atoms with van der Waals surface area (Å²) < 4.78 is 11.1. The number of hydrogen-bond donors (Lipinski definition) is 1. The van der Waals surface area contributed by atoms with E-state index in [4.69, 9.17) is 9.47 Å². The summed E-state index contributed by atoms with van der Waals surface area (Å²) in [5, 5.41) is 9.61. The van der Waals surface area contributed by atoms with Crippen molar-refractivity contribution in [1.29, 1.82) is 0 Å². The Labute approximate surface area is 108 Å². The average molecular weight is 251 g/mol. The van der Waals surface area contributed by atoms with E-state index in [1.807, 2.05) is 18.2 Å². The van der Waals surface area contributed by atoms with Gasteiger partial charge in [-0.05, 0) is 25.2 Å². The molecule has 0 amide bonds. The van der Waals surface area contributed by atoms with Crippen LogP contribution < -0.4 is 9.47 Å². The molecule has 1 atom stereocenters. The number of nitrogens with zero attached hydrogens (tertiary/aromatic N) is 1. The Balaban J connectivity index is 1.87. The summed E-state index contributed by atoms with van der Waals surface area (Å²) in [5.41, 5.74) is 0.853. The first-order chi connectivity index (χ1) is 8.74. The van der Waals surface area contributed by atoms with E-state index in [9.17, 15) is 5.11 Å². The molecule has 1 aliphatic rings. The van der Waals surface area contributed by atoms with E-state index in [-0.39, 0.29) is 0 Å². The van der Waals surface area contributed by atoms with Crippen LogP contribution in [0.25, 0.3) is 0 Å². The van der Waals surface area contributed by atoms with E-state index in [1.54, 1.807) is 0 Å².